The summed E-state index contributed by atoms with van der Waals surface area (Å²) < 4.78 is 2.06. The summed E-state index contributed by atoms with van der Waals surface area (Å²) in [5.74, 6) is 0. The highest BCUT2D eigenvalue weighted by atomic mass is 15.3. The minimum atomic E-state index is 0.537. The maximum Gasteiger partial charge on any atom is 0.0492 e. The highest BCUT2D eigenvalue weighted by molar-refractivity contribution is 4.97. The quantitative estimate of drug-likeness (QED) is 0.612. The maximum absolute atomic E-state index is 4.20. The van der Waals surface area contributed by atoms with Crippen molar-refractivity contribution in [2.45, 2.75) is 33.2 Å². The summed E-state index contributed by atoms with van der Waals surface area (Å²) in [4.78, 5) is 0. The third kappa shape index (κ3) is 1.20. The highest BCUT2D eigenvalue weighted by Gasteiger charge is 2.02. The van der Waals surface area contributed by atoms with Gasteiger partial charge in [0.25, 0.3) is 0 Å². The molecule has 1 aromatic rings. The van der Waals surface area contributed by atoms with E-state index in [-0.39, 0.29) is 0 Å². The van der Waals surface area contributed by atoms with Crippen LogP contribution in [0.15, 0.2) is 12.3 Å². The fourth-order valence-electron chi connectivity index (χ4n) is 1.01. The van der Waals surface area contributed by atoms with Crippen LogP contribution >= 0.6 is 0 Å². The van der Waals surface area contributed by atoms with E-state index in [1.807, 2.05) is 12.3 Å². The zero-order valence-electron chi connectivity index (χ0n) is 6.83. The molecule has 0 bridgehead atoms. The average Bonchev–Trinajstić information content (AvgIpc) is 2.34. The molecule has 0 N–H and O–H groups in total. The van der Waals surface area contributed by atoms with Crippen LogP contribution in [0.3, 0.4) is 0 Å². The van der Waals surface area contributed by atoms with Crippen LogP contribution in [0.1, 0.15) is 32.0 Å². The number of nitrogens with zero attached hydrogens (tertiary/aromatic N) is 2. The van der Waals surface area contributed by atoms with Crippen LogP contribution in [0, 0.1) is 6.92 Å². The molecular weight excluding hydrogens is 124 g/mol. The van der Waals surface area contributed by atoms with E-state index < -0.39 is 0 Å². The van der Waals surface area contributed by atoms with Crippen LogP contribution in [-0.2, 0) is 0 Å². The van der Waals surface area contributed by atoms with E-state index in [1.165, 1.54) is 5.69 Å². The van der Waals surface area contributed by atoms with E-state index in [1.54, 1.807) is 0 Å². The Morgan fingerprint density at radius 2 is 2.40 bits per heavy atom. The van der Waals surface area contributed by atoms with Gasteiger partial charge >= 0.3 is 0 Å². The fraction of sp³-hybridized carbons (Fsp3) is 0.625. The molecule has 0 radical (unpaired) electrons. The molecule has 1 atom stereocenters. The molecule has 0 aliphatic heterocycles. The van der Waals surface area contributed by atoms with Crippen molar-refractivity contribution in [3.8, 4) is 0 Å². The van der Waals surface area contributed by atoms with Gasteiger partial charge in [0, 0.05) is 17.9 Å². The van der Waals surface area contributed by atoms with Gasteiger partial charge in [-0.15, -0.1) is 0 Å². The van der Waals surface area contributed by atoms with Crippen molar-refractivity contribution in [3.63, 3.8) is 0 Å². The van der Waals surface area contributed by atoms with Crippen molar-refractivity contribution < 1.29 is 0 Å². The van der Waals surface area contributed by atoms with E-state index in [2.05, 4.69) is 30.6 Å². The lowest BCUT2D eigenvalue weighted by atomic mass is 10.2. The van der Waals surface area contributed by atoms with E-state index in [4.69, 9.17) is 0 Å². The Morgan fingerprint density at radius 3 is 2.80 bits per heavy atom. The minimum absolute atomic E-state index is 0.537. The van der Waals surface area contributed by atoms with Crippen LogP contribution in [0.25, 0.3) is 0 Å². The number of hydrogen-bond donors (Lipinski definition) is 0. The third-order valence-electron chi connectivity index (χ3n) is 1.88. The van der Waals surface area contributed by atoms with Crippen molar-refractivity contribution >= 4 is 0 Å². The first-order valence-electron chi connectivity index (χ1n) is 3.75. The van der Waals surface area contributed by atoms with E-state index >= 15 is 0 Å². The summed E-state index contributed by atoms with van der Waals surface area (Å²) in [7, 11) is 0. The van der Waals surface area contributed by atoms with Crippen molar-refractivity contribution in [2.24, 2.45) is 0 Å². The predicted molar refractivity (Wildman–Crippen MR) is 42.0 cm³/mol. The SMILES string of the molecule is CCC(C)n1nccc1C. The van der Waals surface area contributed by atoms with Gasteiger partial charge in [-0.3, -0.25) is 4.68 Å². The summed E-state index contributed by atoms with van der Waals surface area (Å²) in [6.45, 7) is 6.44. The van der Waals surface area contributed by atoms with Crippen LogP contribution in [0.2, 0.25) is 0 Å². The van der Waals surface area contributed by atoms with Gasteiger partial charge in [-0.05, 0) is 26.3 Å². The largest absolute Gasteiger partial charge is 0.267 e. The molecule has 1 heterocycles. The molecular formula is C8H14N2. The zero-order valence-corrected chi connectivity index (χ0v) is 6.83. The van der Waals surface area contributed by atoms with Gasteiger partial charge < -0.3 is 0 Å². The monoisotopic (exact) mass is 138 g/mol. The summed E-state index contributed by atoms with van der Waals surface area (Å²) >= 11 is 0. The van der Waals surface area contributed by atoms with E-state index in [9.17, 15) is 0 Å². The Bertz CT molecular complexity index is 203. The van der Waals surface area contributed by atoms with Crippen LogP contribution < -0.4 is 0 Å². The van der Waals surface area contributed by atoms with Crippen LogP contribution in [0.5, 0.6) is 0 Å². The number of aromatic nitrogens is 2. The predicted octanol–water partition coefficient (Wildman–Crippen LogP) is 2.16. The smallest absolute Gasteiger partial charge is 0.0492 e. The Labute approximate surface area is 61.9 Å². The number of hydrogen-bond acceptors (Lipinski definition) is 1. The molecule has 10 heavy (non-hydrogen) atoms. The Kier molecular flexibility index (Phi) is 2.10. The van der Waals surface area contributed by atoms with Crippen molar-refractivity contribution in [2.75, 3.05) is 0 Å². The van der Waals surface area contributed by atoms with Crippen molar-refractivity contribution in [1.29, 1.82) is 0 Å². The standard InChI is InChI=1S/C8H14N2/c1-4-7(2)10-8(3)5-6-9-10/h5-7H,4H2,1-3H3. The summed E-state index contributed by atoms with van der Waals surface area (Å²) in [5.41, 5.74) is 1.24. The van der Waals surface area contributed by atoms with Gasteiger partial charge in [0.2, 0.25) is 0 Å². The molecule has 0 saturated heterocycles. The Morgan fingerprint density at radius 1 is 1.70 bits per heavy atom. The molecule has 0 amide bonds. The molecule has 2 heteroatoms. The maximum atomic E-state index is 4.20. The Hall–Kier alpha value is -0.790. The number of rotatable bonds is 2. The summed E-state index contributed by atoms with van der Waals surface area (Å²) in [5, 5.41) is 4.20. The first-order valence-corrected chi connectivity index (χ1v) is 3.75. The zero-order chi connectivity index (χ0) is 7.56. The minimum Gasteiger partial charge on any atom is -0.267 e. The Balaban J connectivity index is 2.82. The first-order chi connectivity index (χ1) is 4.75. The summed E-state index contributed by atoms with van der Waals surface area (Å²) in [6.07, 6.45) is 2.99. The molecule has 0 aliphatic rings. The van der Waals surface area contributed by atoms with Crippen LogP contribution in [-0.4, -0.2) is 9.78 Å². The lowest BCUT2D eigenvalue weighted by molar-refractivity contribution is 0.467. The second-order valence-electron chi connectivity index (χ2n) is 2.67. The van der Waals surface area contributed by atoms with E-state index in [0.29, 0.717) is 6.04 Å². The van der Waals surface area contributed by atoms with E-state index in [0.717, 1.165) is 6.42 Å². The van der Waals surface area contributed by atoms with Gasteiger partial charge in [-0.2, -0.15) is 5.10 Å². The molecule has 56 valence electrons. The molecule has 1 unspecified atom stereocenters. The van der Waals surface area contributed by atoms with Gasteiger partial charge in [0.15, 0.2) is 0 Å². The second kappa shape index (κ2) is 2.86. The average molecular weight is 138 g/mol. The van der Waals surface area contributed by atoms with Gasteiger partial charge in [-0.25, -0.2) is 0 Å². The molecule has 0 fully saturated rings. The fourth-order valence-corrected chi connectivity index (χ4v) is 1.01. The normalized spacial score (nSPS) is 13.5. The lowest BCUT2D eigenvalue weighted by Crippen LogP contribution is -2.06. The molecule has 0 aromatic carbocycles. The first kappa shape index (κ1) is 7.32. The second-order valence-corrected chi connectivity index (χ2v) is 2.67. The molecule has 0 saturated carbocycles. The number of aryl methyl sites for hydroxylation is 1. The molecule has 1 aromatic heterocycles. The molecule has 0 spiro atoms. The molecule has 0 aliphatic carbocycles. The molecule has 2 nitrogen and oxygen atoms in total. The topological polar surface area (TPSA) is 17.8 Å². The third-order valence-corrected chi connectivity index (χ3v) is 1.88. The highest BCUT2D eigenvalue weighted by Crippen LogP contribution is 2.10. The van der Waals surface area contributed by atoms with Gasteiger partial charge in [-0.1, -0.05) is 6.92 Å². The molecule has 1 rings (SSSR count). The van der Waals surface area contributed by atoms with Gasteiger partial charge in [0.1, 0.15) is 0 Å². The van der Waals surface area contributed by atoms with Gasteiger partial charge in [0.05, 0.1) is 0 Å². The lowest BCUT2D eigenvalue weighted by Gasteiger charge is -2.10. The van der Waals surface area contributed by atoms with Crippen molar-refractivity contribution in [1.82, 2.24) is 9.78 Å². The van der Waals surface area contributed by atoms with Crippen molar-refractivity contribution in [3.05, 3.63) is 18.0 Å². The van der Waals surface area contributed by atoms with Crippen LogP contribution in [0.4, 0.5) is 0 Å². The summed E-state index contributed by atoms with van der Waals surface area (Å²) in [6, 6.07) is 2.57.